The van der Waals surface area contributed by atoms with Gasteiger partial charge in [-0.2, -0.15) is 0 Å². The van der Waals surface area contributed by atoms with E-state index in [4.69, 9.17) is 10.2 Å². The zero-order chi connectivity index (χ0) is 12.8. The molecule has 0 saturated heterocycles. The van der Waals surface area contributed by atoms with Crippen LogP contribution in [0.1, 0.15) is 6.92 Å². The van der Waals surface area contributed by atoms with Crippen LogP contribution in [0.5, 0.6) is 0 Å². The van der Waals surface area contributed by atoms with Gasteiger partial charge in [0.2, 0.25) is 0 Å². The highest BCUT2D eigenvalue weighted by atomic mass is 32.2. The number of nitrogens with one attached hydrogen (secondary N) is 1. The summed E-state index contributed by atoms with van der Waals surface area (Å²) in [5.74, 6) is -1.46. The maximum Gasteiger partial charge on any atom is 0.168 e. The molecule has 17 heavy (non-hydrogen) atoms. The van der Waals surface area contributed by atoms with Crippen molar-refractivity contribution in [3.05, 3.63) is 17.7 Å². The first-order valence-electron chi connectivity index (χ1n) is 5.10. The SMILES string of the molecule is CCNc1nc(SCC(O)CO)c(F)cc1F. The molecule has 0 aromatic carbocycles. The number of halogens is 2. The molecule has 1 atom stereocenters. The lowest BCUT2D eigenvalue weighted by Gasteiger charge is -2.09. The van der Waals surface area contributed by atoms with Crippen molar-refractivity contribution in [3.63, 3.8) is 0 Å². The van der Waals surface area contributed by atoms with E-state index in [0.29, 0.717) is 6.54 Å². The summed E-state index contributed by atoms with van der Waals surface area (Å²) in [6.45, 7) is 1.83. The lowest BCUT2D eigenvalue weighted by Crippen LogP contribution is -2.15. The second kappa shape index (κ2) is 6.73. The zero-order valence-electron chi connectivity index (χ0n) is 9.28. The molecule has 96 valence electrons. The van der Waals surface area contributed by atoms with Crippen molar-refractivity contribution < 1.29 is 19.0 Å². The molecule has 0 fully saturated rings. The normalized spacial score (nSPS) is 12.5. The fraction of sp³-hybridized carbons (Fsp3) is 0.500. The molecule has 1 unspecified atom stereocenters. The molecule has 1 rings (SSSR count). The fourth-order valence-corrected chi connectivity index (χ4v) is 1.88. The number of pyridine rings is 1. The first-order valence-corrected chi connectivity index (χ1v) is 6.08. The Balaban J connectivity index is 2.80. The standard InChI is InChI=1S/C10H14F2N2O2S/c1-2-13-9-7(11)3-8(12)10(14-9)17-5-6(16)4-15/h3,6,15-16H,2,4-5H2,1H3,(H,13,14). The van der Waals surface area contributed by atoms with Crippen LogP contribution in [0.2, 0.25) is 0 Å². The first kappa shape index (κ1) is 14.1. The van der Waals surface area contributed by atoms with Gasteiger partial charge >= 0.3 is 0 Å². The van der Waals surface area contributed by atoms with E-state index < -0.39 is 24.3 Å². The minimum Gasteiger partial charge on any atom is -0.394 e. The minimum absolute atomic E-state index is 0.00477. The van der Waals surface area contributed by atoms with Crippen LogP contribution in [0.15, 0.2) is 11.1 Å². The number of rotatable bonds is 6. The Hall–Kier alpha value is -0.920. The highest BCUT2D eigenvalue weighted by Gasteiger charge is 2.13. The molecule has 0 spiro atoms. The molecule has 3 N–H and O–H groups in total. The fourth-order valence-electron chi connectivity index (χ4n) is 1.07. The highest BCUT2D eigenvalue weighted by Crippen LogP contribution is 2.24. The smallest absolute Gasteiger partial charge is 0.168 e. The Labute approximate surface area is 102 Å². The number of thioether (sulfide) groups is 1. The molecule has 0 bridgehead atoms. The summed E-state index contributed by atoms with van der Waals surface area (Å²) in [4.78, 5) is 3.78. The third-order valence-corrected chi connectivity index (χ3v) is 2.98. The molecule has 0 amide bonds. The Bertz CT molecular complexity index is 380. The predicted octanol–water partition coefficient (Wildman–Crippen LogP) is 1.24. The summed E-state index contributed by atoms with van der Waals surface area (Å²) in [6, 6.07) is 0.749. The number of aliphatic hydroxyl groups excluding tert-OH is 2. The van der Waals surface area contributed by atoms with E-state index in [9.17, 15) is 8.78 Å². The maximum absolute atomic E-state index is 13.3. The van der Waals surface area contributed by atoms with E-state index in [0.717, 1.165) is 17.8 Å². The third-order valence-electron chi connectivity index (χ3n) is 1.86. The Kier molecular flexibility index (Phi) is 5.60. The molecular formula is C10H14F2N2O2S. The molecule has 0 saturated carbocycles. The molecule has 1 aromatic heterocycles. The van der Waals surface area contributed by atoms with E-state index in [1.807, 2.05) is 0 Å². The van der Waals surface area contributed by atoms with Gasteiger partial charge in [0.05, 0.1) is 12.7 Å². The second-order valence-electron chi connectivity index (χ2n) is 3.28. The van der Waals surface area contributed by atoms with E-state index in [-0.39, 0.29) is 16.6 Å². The lowest BCUT2D eigenvalue weighted by molar-refractivity contribution is 0.113. The quantitative estimate of drug-likeness (QED) is 0.675. The van der Waals surface area contributed by atoms with Gasteiger partial charge in [0.25, 0.3) is 0 Å². The molecule has 0 radical (unpaired) electrons. The number of aliphatic hydroxyl groups is 2. The van der Waals surface area contributed by atoms with Gasteiger partial charge in [-0.3, -0.25) is 0 Å². The Morgan fingerprint density at radius 1 is 1.47 bits per heavy atom. The van der Waals surface area contributed by atoms with Crippen LogP contribution in [-0.2, 0) is 0 Å². The average Bonchev–Trinajstić information content (AvgIpc) is 2.30. The van der Waals surface area contributed by atoms with Crippen LogP contribution in [0.4, 0.5) is 14.6 Å². The van der Waals surface area contributed by atoms with Crippen LogP contribution >= 0.6 is 11.8 Å². The number of hydrogen-bond donors (Lipinski definition) is 3. The average molecular weight is 264 g/mol. The monoisotopic (exact) mass is 264 g/mol. The van der Waals surface area contributed by atoms with Crippen molar-refractivity contribution >= 4 is 17.6 Å². The molecular weight excluding hydrogens is 250 g/mol. The zero-order valence-corrected chi connectivity index (χ0v) is 10.1. The van der Waals surface area contributed by atoms with Crippen molar-refractivity contribution in [2.45, 2.75) is 18.1 Å². The molecule has 7 heteroatoms. The lowest BCUT2D eigenvalue weighted by atomic mass is 10.4. The molecule has 1 heterocycles. The van der Waals surface area contributed by atoms with Gasteiger partial charge in [0, 0.05) is 18.4 Å². The number of hydrogen-bond acceptors (Lipinski definition) is 5. The van der Waals surface area contributed by atoms with Crippen LogP contribution in [0, 0.1) is 11.6 Å². The van der Waals surface area contributed by atoms with Crippen molar-refractivity contribution in [1.29, 1.82) is 0 Å². The summed E-state index contributed by atoms with van der Waals surface area (Å²) < 4.78 is 26.5. The largest absolute Gasteiger partial charge is 0.394 e. The van der Waals surface area contributed by atoms with Gasteiger partial charge in [-0.15, -0.1) is 11.8 Å². The topological polar surface area (TPSA) is 65.4 Å². The number of anilines is 1. The van der Waals surface area contributed by atoms with E-state index in [1.54, 1.807) is 6.92 Å². The van der Waals surface area contributed by atoms with Crippen molar-refractivity contribution in [1.82, 2.24) is 4.98 Å². The summed E-state index contributed by atoms with van der Waals surface area (Å²) in [7, 11) is 0. The first-order chi connectivity index (χ1) is 8.08. The van der Waals surface area contributed by atoms with Crippen LogP contribution in [-0.4, -0.2) is 40.2 Å². The molecule has 0 aliphatic carbocycles. The number of aromatic nitrogens is 1. The van der Waals surface area contributed by atoms with Gasteiger partial charge in [-0.25, -0.2) is 13.8 Å². The summed E-state index contributed by atoms with van der Waals surface area (Å²) in [5, 5.41) is 20.4. The van der Waals surface area contributed by atoms with E-state index in [1.165, 1.54) is 0 Å². The predicted molar refractivity (Wildman–Crippen MR) is 62.1 cm³/mol. The van der Waals surface area contributed by atoms with Crippen molar-refractivity contribution in [3.8, 4) is 0 Å². The molecule has 0 aliphatic heterocycles. The van der Waals surface area contributed by atoms with Crippen LogP contribution < -0.4 is 5.32 Å². The minimum atomic E-state index is -0.950. The number of nitrogens with zero attached hydrogens (tertiary/aromatic N) is 1. The van der Waals surface area contributed by atoms with Crippen LogP contribution in [0.3, 0.4) is 0 Å². The van der Waals surface area contributed by atoms with Crippen molar-refractivity contribution in [2.24, 2.45) is 0 Å². The van der Waals surface area contributed by atoms with Gasteiger partial charge in [-0.05, 0) is 6.92 Å². The van der Waals surface area contributed by atoms with Gasteiger partial charge in [0.15, 0.2) is 17.5 Å². The molecule has 4 nitrogen and oxygen atoms in total. The van der Waals surface area contributed by atoms with Gasteiger partial charge in [0.1, 0.15) is 5.03 Å². The second-order valence-corrected chi connectivity index (χ2v) is 4.29. The van der Waals surface area contributed by atoms with Gasteiger partial charge < -0.3 is 15.5 Å². The third kappa shape index (κ3) is 4.10. The maximum atomic E-state index is 13.3. The summed E-state index contributed by atoms with van der Waals surface area (Å²) in [6.07, 6.45) is -0.950. The molecule has 1 aromatic rings. The highest BCUT2D eigenvalue weighted by molar-refractivity contribution is 7.99. The summed E-state index contributed by atoms with van der Waals surface area (Å²) >= 11 is 0.926. The van der Waals surface area contributed by atoms with Crippen molar-refractivity contribution in [2.75, 3.05) is 24.2 Å². The van der Waals surface area contributed by atoms with E-state index >= 15 is 0 Å². The van der Waals surface area contributed by atoms with Crippen LogP contribution in [0.25, 0.3) is 0 Å². The van der Waals surface area contributed by atoms with Gasteiger partial charge in [-0.1, -0.05) is 0 Å². The Morgan fingerprint density at radius 3 is 2.76 bits per heavy atom. The molecule has 0 aliphatic rings. The van der Waals surface area contributed by atoms with E-state index in [2.05, 4.69) is 10.3 Å². The Morgan fingerprint density at radius 2 is 2.18 bits per heavy atom. The summed E-state index contributed by atoms with van der Waals surface area (Å²) in [5.41, 5.74) is 0.